The third-order valence-corrected chi connectivity index (χ3v) is 4.12. The van der Waals surface area contributed by atoms with Gasteiger partial charge in [0.25, 0.3) is 5.91 Å². The van der Waals surface area contributed by atoms with E-state index in [0.717, 1.165) is 28.9 Å². The minimum absolute atomic E-state index is 0.0667. The van der Waals surface area contributed by atoms with Gasteiger partial charge in [-0.1, -0.05) is 17.7 Å². The summed E-state index contributed by atoms with van der Waals surface area (Å²) in [6.07, 6.45) is 2.28. The molecule has 1 aromatic carbocycles. The van der Waals surface area contributed by atoms with Gasteiger partial charge in [0, 0.05) is 23.7 Å². The highest BCUT2D eigenvalue weighted by Gasteiger charge is 2.25. The molecule has 0 saturated carbocycles. The Labute approximate surface area is 135 Å². The van der Waals surface area contributed by atoms with Crippen molar-refractivity contribution < 1.29 is 14.3 Å². The summed E-state index contributed by atoms with van der Waals surface area (Å²) in [6.45, 7) is 6.10. The normalized spacial score (nSPS) is 16.4. The maximum Gasteiger partial charge on any atom is 0.268 e. The standard InChI is InChI=1S/C18H20N2O3/c1-10-6-11(2)17-14(7-10)15(4-5-23-17)20-18(22)16-8-13(9-19-16)12(3)21/h6-9,15,19H,4-5H2,1-3H3,(H,20,22)/t15-/m1/s1. The monoisotopic (exact) mass is 312 g/mol. The maximum atomic E-state index is 12.4. The van der Waals surface area contributed by atoms with E-state index in [4.69, 9.17) is 4.74 Å². The second kappa shape index (κ2) is 5.91. The molecule has 2 aromatic rings. The molecule has 1 aliphatic heterocycles. The van der Waals surface area contributed by atoms with E-state index in [1.165, 1.54) is 6.92 Å². The van der Waals surface area contributed by atoms with Crippen LogP contribution < -0.4 is 10.1 Å². The van der Waals surface area contributed by atoms with Gasteiger partial charge >= 0.3 is 0 Å². The first-order valence-corrected chi connectivity index (χ1v) is 7.70. The molecule has 0 saturated heterocycles. The smallest absolute Gasteiger partial charge is 0.268 e. The van der Waals surface area contributed by atoms with Crippen molar-refractivity contribution in [2.24, 2.45) is 0 Å². The largest absolute Gasteiger partial charge is 0.493 e. The SMILES string of the molecule is CC(=O)c1c[nH]c(C(=O)N[C@@H]2CCOc3c(C)cc(C)cc32)c1. The summed E-state index contributed by atoms with van der Waals surface area (Å²) in [5.41, 5.74) is 4.14. The van der Waals surface area contributed by atoms with Crippen molar-refractivity contribution in [3.8, 4) is 5.75 Å². The molecular formula is C18H20N2O3. The lowest BCUT2D eigenvalue weighted by Crippen LogP contribution is -2.32. The number of fused-ring (bicyclic) bond motifs is 1. The molecule has 1 aliphatic rings. The average Bonchev–Trinajstić information content (AvgIpc) is 2.98. The molecule has 2 N–H and O–H groups in total. The lowest BCUT2D eigenvalue weighted by molar-refractivity contribution is 0.0920. The molecule has 0 spiro atoms. The minimum atomic E-state index is -0.213. The van der Waals surface area contributed by atoms with Crippen molar-refractivity contribution in [3.05, 3.63) is 52.3 Å². The fourth-order valence-corrected chi connectivity index (χ4v) is 2.99. The van der Waals surface area contributed by atoms with E-state index in [1.807, 2.05) is 13.8 Å². The molecule has 2 heterocycles. The third-order valence-electron chi connectivity index (χ3n) is 4.12. The number of aromatic amines is 1. The Morgan fingerprint density at radius 3 is 2.74 bits per heavy atom. The van der Waals surface area contributed by atoms with Gasteiger partial charge in [-0.3, -0.25) is 9.59 Å². The predicted molar refractivity (Wildman–Crippen MR) is 87.0 cm³/mol. The van der Waals surface area contributed by atoms with Gasteiger partial charge in [0.05, 0.1) is 12.6 Å². The highest BCUT2D eigenvalue weighted by atomic mass is 16.5. The van der Waals surface area contributed by atoms with Crippen molar-refractivity contribution in [1.82, 2.24) is 10.3 Å². The second-order valence-electron chi connectivity index (χ2n) is 6.02. The number of aromatic nitrogens is 1. The molecule has 0 fully saturated rings. The van der Waals surface area contributed by atoms with Crippen LogP contribution in [0.15, 0.2) is 24.4 Å². The molecule has 0 radical (unpaired) electrons. The van der Waals surface area contributed by atoms with Crippen molar-refractivity contribution in [1.29, 1.82) is 0 Å². The van der Waals surface area contributed by atoms with Crippen molar-refractivity contribution in [2.75, 3.05) is 6.61 Å². The van der Waals surface area contributed by atoms with E-state index in [-0.39, 0.29) is 17.7 Å². The van der Waals surface area contributed by atoms with E-state index >= 15 is 0 Å². The van der Waals surface area contributed by atoms with Crippen LogP contribution in [-0.4, -0.2) is 23.3 Å². The average molecular weight is 312 g/mol. The van der Waals surface area contributed by atoms with Crippen LogP contribution in [0.2, 0.25) is 0 Å². The van der Waals surface area contributed by atoms with Gasteiger partial charge in [0.15, 0.2) is 5.78 Å². The molecule has 5 heteroatoms. The molecule has 1 aromatic heterocycles. The van der Waals surface area contributed by atoms with E-state index in [9.17, 15) is 9.59 Å². The number of benzene rings is 1. The van der Waals surface area contributed by atoms with Crippen molar-refractivity contribution in [3.63, 3.8) is 0 Å². The number of amides is 1. The zero-order valence-corrected chi connectivity index (χ0v) is 13.5. The molecule has 0 aliphatic carbocycles. The highest BCUT2D eigenvalue weighted by Crippen LogP contribution is 2.35. The van der Waals surface area contributed by atoms with Gasteiger partial charge in [0.1, 0.15) is 11.4 Å². The Bertz CT molecular complexity index is 777. The number of nitrogens with one attached hydrogen (secondary N) is 2. The lowest BCUT2D eigenvalue weighted by Gasteiger charge is -2.28. The van der Waals surface area contributed by atoms with E-state index < -0.39 is 0 Å². The summed E-state index contributed by atoms with van der Waals surface area (Å²) in [6, 6.07) is 5.63. The van der Waals surface area contributed by atoms with Crippen LogP contribution >= 0.6 is 0 Å². The fourth-order valence-electron chi connectivity index (χ4n) is 2.99. The summed E-state index contributed by atoms with van der Waals surface area (Å²) in [5.74, 6) is 0.584. The number of Topliss-reactive ketones (excluding diaryl/α,β-unsaturated/α-hetero) is 1. The van der Waals surface area contributed by atoms with Gasteiger partial charge in [-0.25, -0.2) is 0 Å². The zero-order chi connectivity index (χ0) is 16.6. The number of rotatable bonds is 3. The summed E-state index contributed by atoms with van der Waals surface area (Å²) < 4.78 is 5.76. The highest BCUT2D eigenvalue weighted by molar-refractivity contribution is 5.99. The summed E-state index contributed by atoms with van der Waals surface area (Å²) in [4.78, 5) is 26.6. The Hall–Kier alpha value is -2.56. The summed E-state index contributed by atoms with van der Waals surface area (Å²) in [7, 11) is 0. The number of ketones is 1. The Balaban J connectivity index is 1.84. The Kier molecular flexibility index (Phi) is 3.94. The van der Waals surface area contributed by atoms with Crippen LogP contribution in [0.3, 0.4) is 0 Å². The number of H-pyrrole nitrogens is 1. The number of hydrogen-bond donors (Lipinski definition) is 2. The van der Waals surface area contributed by atoms with Gasteiger partial charge < -0.3 is 15.0 Å². The molecule has 1 amide bonds. The molecule has 120 valence electrons. The molecule has 1 atom stereocenters. The van der Waals surface area contributed by atoms with Crippen LogP contribution in [0.4, 0.5) is 0 Å². The lowest BCUT2D eigenvalue weighted by atomic mass is 9.95. The maximum absolute atomic E-state index is 12.4. The quantitative estimate of drug-likeness (QED) is 0.856. The first-order valence-electron chi connectivity index (χ1n) is 7.70. The van der Waals surface area contributed by atoms with Crippen LogP contribution in [-0.2, 0) is 0 Å². The second-order valence-corrected chi connectivity index (χ2v) is 6.02. The fraction of sp³-hybridized carbons (Fsp3) is 0.333. The number of carbonyl (C=O) groups is 2. The number of carbonyl (C=O) groups excluding carboxylic acids is 2. The zero-order valence-electron chi connectivity index (χ0n) is 13.5. The van der Waals surface area contributed by atoms with E-state index in [1.54, 1.807) is 12.3 Å². The molecule has 0 bridgehead atoms. The number of hydrogen-bond acceptors (Lipinski definition) is 3. The van der Waals surface area contributed by atoms with Crippen LogP contribution in [0, 0.1) is 13.8 Å². The molecule has 23 heavy (non-hydrogen) atoms. The molecule has 5 nitrogen and oxygen atoms in total. The van der Waals surface area contributed by atoms with Gasteiger partial charge in [-0.15, -0.1) is 0 Å². The van der Waals surface area contributed by atoms with Crippen molar-refractivity contribution in [2.45, 2.75) is 33.2 Å². The first kappa shape index (κ1) is 15.3. The number of ether oxygens (including phenoxy) is 1. The van der Waals surface area contributed by atoms with E-state index in [2.05, 4.69) is 22.4 Å². The predicted octanol–water partition coefficient (Wildman–Crippen LogP) is 3.09. The minimum Gasteiger partial charge on any atom is -0.493 e. The summed E-state index contributed by atoms with van der Waals surface area (Å²) in [5, 5.41) is 3.04. The third kappa shape index (κ3) is 2.99. The summed E-state index contributed by atoms with van der Waals surface area (Å²) >= 11 is 0. The van der Waals surface area contributed by atoms with Crippen molar-refractivity contribution >= 4 is 11.7 Å². The Morgan fingerprint density at radius 1 is 1.26 bits per heavy atom. The Morgan fingerprint density at radius 2 is 2.04 bits per heavy atom. The molecular weight excluding hydrogens is 292 g/mol. The van der Waals surface area contributed by atoms with Gasteiger partial charge in [-0.2, -0.15) is 0 Å². The van der Waals surface area contributed by atoms with Gasteiger partial charge in [-0.05, 0) is 32.4 Å². The van der Waals surface area contributed by atoms with Crippen LogP contribution in [0.25, 0.3) is 0 Å². The first-order chi connectivity index (χ1) is 11.0. The van der Waals surface area contributed by atoms with Crippen LogP contribution in [0.5, 0.6) is 5.75 Å². The molecule has 0 unspecified atom stereocenters. The van der Waals surface area contributed by atoms with Crippen LogP contribution in [0.1, 0.15) is 56.9 Å². The molecule has 3 rings (SSSR count). The topological polar surface area (TPSA) is 71.2 Å². The van der Waals surface area contributed by atoms with Gasteiger partial charge in [0.2, 0.25) is 0 Å². The van der Waals surface area contributed by atoms with E-state index in [0.29, 0.717) is 17.9 Å². The number of aryl methyl sites for hydroxylation is 2.